The van der Waals surface area contributed by atoms with Crippen molar-refractivity contribution in [2.75, 3.05) is 10.8 Å². The molecule has 0 unspecified atom stereocenters. The van der Waals surface area contributed by atoms with Crippen LogP contribution in [0.5, 0.6) is 0 Å². The molecule has 0 aromatic heterocycles. The predicted molar refractivity (Wildman–Crippen MR) is 151 cm³/mol. The fourth-order valence-electron chi connectivity index (χ4n) is 4.00. The number of halogens is 2. The zero-order valence-corrected chi connectivity index (χ0v) is 23.8. The number of carbonyl (C=O) groups is 2. The number of amides is 2. The summed E-state index contributed by atoms with van der Waals surface area (Å²) in [6.45, 7) is 5.13. The van der Waals surface area contributed by atoms with E-state index in [0.717, 1.165) is 34.1 Å². The Kier molecular flexibility index (Phi) is 10.5. The zero-order valence-electron chi connectivity index (χ0n) is 22.2. The third kappa shape index (κ3) is 7.80. The SMILES string of the molecule is CC[C@@H](C)NC(=O)[C@@H](CC)N(Cc1ccc(Cl)cc1)C(=O)CN(c1ccccc1)S(=O)(=O)c1ccc(F)cc1. The molecule has 7 nitrogen and oxygen atoms in total. The molecule has 2 amide bonds. The van der Waals surface area contributed by atoms with Crippen LogP contribution in [0.15, 0.2) is 83.8 Å². The van der Waals surface area contributed by atoms with E-state index in [-0.39, 0.29) is 29.1 Å². The van der Waals surface area contributed by atoms with Gasteiger partial charge in [0, 0.05) is 17.6 Å². The maximum absolute atomic E-state index is 13.9. The Hall–Kier alpha value is -3.43. The summed E-state index contributed by atoms with van der Waals surface area (Å²) in [5.74, 6) is -1.46. The van der Waals surface area contributed by atoms with Gasteiger partial charge in [-0.2, -0.15) is 0 Å². The van der Waals surface area contributed by atoms with Crippen LogP contribution in [0, 0.1) is 5.82 Å². The minimum atomic E-state index is -4.25. The molecule has 3 aromatic carbocycles. The third-order valence-corrected chi connectivity index (χ3v) is 8.42. The molecule has 0 radical (unpaired) electrons. The standard InChI is InChI=1S/C29H33ClFN3O4S/c1-4-21(3)32-29(36)27(5-2)33(19-22-11-13-23(30)14-12-22)28(35)20-34(25-9-7-6-8-10-25)39(37,38)26-17-15-24(31)16-18-26/h6-18,21,27H,4-5,19-20H2,1-3H3,(H,32,36)/t21-,27-/m1/s1. The lowest BCUT2D eigenvalue weighted by atomic mass is 10.1. The van der Waals surface area contributed by atoms with E-state index in [2.05, 4.69) is 5.32 Å². The van der Waals surface area contributed by atoms with Gasteiger partial charge in [0.05, 0.1) is 10.6 Å². The Morgan fingerprint density at radius 3 is 2.10 bits per heavy atom. The topological polar surface area (TPSA) is 86.8 Å². The molecule has 0 aliphatic rings. The fourth-order valence-corrected chi connectivity index (χ4v) is 5.54. The van der Waals surface area contributed by atoms with Gasteiger partial charge in [-0.05, 0) is 73.9 Å². The van der Waals surface area contributed by atoms with Crippen LogP contribution in [-0.2, 0) is 26.2 Å². The van der Waals surface area contributed by atoms with E-state index in [0.29, 0.717) is 17.9 Å². The molecule has 0 aliphatic carbocycles. The first-order valence-corrected chi connectivity index (χ1v) is 14.6. The Morgan fingerprint density at radius 1 is 0.923 bits per heavy atom. The van der Waals surface area contributed by atoms with Crippen molar-refractivity contribution in [2.24, 2.45) is 0 Å². The summed E-state index contributed by atoms with van der Waals surface area (Å²) in [6, 6.07) is 18.6. The maximum Gasteiger partial charge on any atom is 0.264 e. The van der Waals surface area contributed by atoms with Crippen molar-refractivity contribution in [3.8, 4) is 0 Å². The number of nitrogens with one attached hydrogen (secondary N) is 1. The zero-order chi connectivity index (χ0) is 28.6. The van der Waals surface area contributed by atoms with Gasteiger partial charge in [-0.3, -0.25) is 13.9 Å². The largest absolute Gasteiger partial charge is 0.352 e. The van der Waals surface area contributed by atoms with E-state index in [4.69, 9.17) is 11.6 Å². The lowest BCUT2D eigenvalue weighted by Gasteiger charge is -2.33. The first kappa shape index (κ1) is 30.1. The van der Waals surface area contributed by atoms with Crippen LogP contribution in [0.1, 0.15) is 39.2 Å². The van der Waals surface area contributed by atoms with E-state index in [9.17, 15) is 22.4 Å². The van der Waals surface area contributed by atoms with Crippen LogP contribution in [0.3, 0.4) is 0 Å². The van der Waals surface area contributed by atoms with Crippen molar-refractivity contribution in [2.45, 2.75) is 57.1 Å². The molecule has 0 aliphatic heterocycles. The van der Waals surface area contributed by atoms with Gasteiger partial charge in [0.25, 0.3) is 10.0 Å². The smallest absolute Gasteiger partial charge is 0.264 e. The monoisotopic (exact) mass is 573 g/mol. The molecule has 0 bridgehead atoms. The molecule has 1 N–H and O–H groups in total. The molecule has 0 saturated heterocycles. The second-order valence-electron chi connectivity index (χ2n) is 9.19. The van der Waals surface area contributed by atoms with Gasteiger partial charge in [0.1, 0.15) is 18.4 Å². The Morgan fingerprint density at radius 2 is 1.54 bits per heavy atom. The van der Waals surface area contributed by atoms with Crippen LogP contribution in [0.4, 0.5) is 10.1 Å². The summed E-state index contributed by atoms with van der Waals surface area (Å²) in [6.07, 6.45) is 1.03. The normalized spacial score (nSPS) is 12.8. The predicted octanol–water partition coefficient (Wildman–Crippen LogP) is 5.40. The van der Waals surface area contributed by atoms with Crippen molar-refractivity contribution in [1.29, 1.82) is 0 Å². The van der Waals surface area contributed by atoms with Crippen molar-refractivity contribution in [3.63, 3.8) is 0 Å². The minimum Gasteiger partial charge on any atom is -0.352 e. The Labute approximate surface area is 234 Å². The quantitative estimate of drug-likeness (QED) is 0.314. The first-order valence-electron chi connectivity index (χ1n) is 12.7. The van der Waals surface area contributed by atoms with Gasteiger partial charge in [-0.1, -0.05) is 55.8 Å². The fraction of sp³-hybridized carbons (Fsp3) is 0.310. The van der Waals surface area contributed by atoms with Crippen LogP contribution in [0.25, 0.3) is 0 Å². The number of para-hydroxylation sites is 1. The molecule has 0 heterocycles. The van der Waals surface area contributed by atoms with Crippen molar-refractivity contribution >= 4 is 39.1 Å². The number of carbonyl (C=O) groups excluding carboxylic acids is 2. The lowest BCUT2D eigenvalue weighted by Crippen LogP contribution is -2.53. The highest BCUT2D eigenvalue weighted by molar-refractivity contribution is 7.92. The summed E-state index contributed by atoms with van der Waals surface area (Å²) in [4.78, 5) is 28.4. The van der Waals surface area contributed by atoms with E-state index in [1.54, 1.807) is 61.5 Å². The summed E-state index contributed by atoms with van der Waals surface area (Å²) >= 11 is 6.04. The first-order chi connectivity index (χ1) is 18.6. The van der Waals surface area contributed by atoms with Gasteiger partial charge in [0.2, 0.25) is 11.8 Å². The lowest BCUT2D eigenvalue weighted by molar-refractivity contribution is -0.140. The van der Waals surface area contributed by atoms with E-state index in [1.165, 1.54) is 4.90 Å². The second-order valence-corrected chi connectivity index (χ2v) is 11.5. The van der Waals surface area contributed by atoms with Gasteiger partial charge in [0.15, 0.2) is 0 Å². The van der Waals surface area contributed by atoms with Gasteiger partial charge in [-0.15, -0.1) is 0 Å². The maximum atomic E-state index is 13.9. The van der Waals surface area contributed by atoms with Crippen LogP contribution in [0.2, 0.25) is 5.02 Å². The highest BCUT2D eigenvalue weighted by Crippen LogP contribution is 2.25. The van der Waals surface area contributed by atoms with E-state index >= 15 is 0 Å². The van der Waals surface area contributed by atoms with Crippen molar-refractivity contribution < 1.29 is 22.4 Å². The number of sulfonamides is 1. The molecular weight excluding hydrogens is 541 g/mol. The molecule has 0 spiro atoms. The van der Waals surface area contributed by atoms with Gasteiger partial charge < -0.3 is 10.2 Å². The number of rotatable bonds is 12. The summed E-state index contributed by atoms with van der Waals surface area (Å²) < 4.78 is 41.9. The Balaban J connectivity index is 2.02. The average molecular weight is 574 g/mol. The van der Waals surface area contributed by atoms with Crippen molar-refractivity contribution in [1.82, 2.24) is 10.2 Å². The third-order valence-electron chi connectivity index (χ3n) is 6.38. The minimum absolute atomic E-state index is 0.0711. The molecule has 3 rings (SSSR count). The molecule has 3 aromatic rings. The second kappa shape index (κ2) is 13.6. The number of hydrogen-bond donors (Lipinski definition) is 1. The van der Waals surface area contributed by atoms with Gasteiger partial charge in [-0.25, -0.2) is 12.8 Å². The molecule has 208 valence electrons. The molecule has 10 heteroatoms. The highest BCUT2D eigenvalue weighted by atomic mass is 35.5. The summed E-state index contributed by atoms with van der Waals surface area (Å²) in [5.41, 5.74) is 0.994. The van der Waals surface area contributed by atoms with Gasteiger partial charge >= 0.3 is 0 Å². The number of anilines is 1. The van der Waals surface area contributed by atoms with E-state index in [1.807, 2.05) is 13.8 Å². The molecule has 0 fully saturated rings. The average Bonchev–Trinajstić information content (AvgIpc) is 2.93. The van der Waals surface area contributed by atoms with Crippen LogP contribution < -0.4 is 9.62 Å². The Bertz CT molecular complexity index is 1350. The number of hydrogen-bond acceptors (Lipinski definition) is 4. The highest BCUT2D eigenvalue weighted by Gasteiger charge is 2.34. The van der Waals surface area contributed by atoms with Crippen molar-refractivity contribution in [3.05, 3.63) is 95.3 Å². The number of benzene rings is 3. The van der Waals surface area contributed by atoms with Crippen LogP contribution in [-0.4, -0.2) is 43.8 Å². The molecule has 0 saturated carbocycles. The molecule has 39 heavy (non-hydrogen) atoms. The number of nitrogens with zero attached hydrogens (tertiary/aromatic N) is 2. The molecular formula is C29H33ClFN3O4S. The summed E-state index contributed by atoms with van der Waals surface area (Å²) in [7, 11) is -4.25. The molecule has 2 atom stereocenters. The van der Waals surface area contributed by atoms with Crippen LogP contribution >= 0.6 is 11.6 Å². The van der Waals surface area contributed by atoms with E-state index < -0.39 is 34.3 Å². The summed E-state index contributed by atoms with van der Waals surface area (Å²) in [5, 5.41) is 3.46.